The summed E-state index contributed by atoms with van der Waals surface area (Å²) in [6, 6.07) is 81.7. The van der Waals surface area contributed by atoms with Crippen LogP contribution in [0.2, 0.25) is 0 Å². The molecule has 0 saturated heterocycles. The maximum atomic E-state index is 5.41. The summed E-state index contributed by atoms with van der Waals surface area (Å²) < 4.78 is 0. The molecule has 58 heavy (non-hydrogen) atoms. The average Bonchev–Trinajstić information content (AvgIpc) is 3.32. The SMILES string of the molecule is c1ccc(-c2cccc(-c3cccc(-c4cccc(-c5cccc(-c6cc7ccccc7c(-c7cc(-c8ccccc8)cc(-c8ccccc8)n7)n6)c5)c4)c3)c2)cc1. The normalized spacial score (nSPS) is 11.1. The van der Waals surface area contributed by atoms with E-state index in [4.69, 9.17) is 9.97 Å². The van der Waals surface area contributed by atoms with Gasteiger partial charge in [0.1, 0.15) is 0 Å². The Bertz CT molecular complexity index is 2990. The highest BCUT2D eigenvalue weighted by Crippen LogP contribution is 2.37. The van der Waals surface area contributed by atoms with Crippen LogP contribution in [0.25, 0.3) is 100 Å². The highest BCUT2D eigenvalue weighted by molar-refractivity contribution is 5.97. The molecular formula is C56H38N2. The fraction of sp³-hybridized carbons (Fsp3) is 0. The summed E-state index contributed by atoms with van der Waals surface area (Å²) in [7, 11) is 0. The molecule has 0 amide bonds. The zero-order chi connectivity index (χ0) is 38.7. The van der Waals surface area contributed by atoms with Gasteiger partial charge in [-0.3, -0.25) is 0 Å². The van der Waals surface area contributed by atoms with Crippen molar-refractivity contribution in [1.29, 1.82) is 0 Å². The Hall–Kier alpha value is -7.68. The van der Waals surface area contributed by atoms with Gasteiger partial charge < -0.3 is 0 Å². The molecule has 10 aromatic rings. The van der Waals surface area contributed by atoms with E-state index >= 15 is 0 Å². The van der Waals surface area contributed by atoms with Crippen molar-refractivity contribution in [3.05, 3.63) is 231 Å². The zero-order valence-electron chi connectivity index (χ0n) is 31.8. The van der Waals surface area contributed by atoms with Crippen LogP contribution in [0.4, 0.5) is 0 Å². The van der Waals surface area contributed by atoms with E-state index in [1.165, 1.54) is 33.4 Å². The molecule has 0 spiro atoms. The van der Waals surface area contributed by atoms with Gasteiger partial charge >= 0.3 is 0 Å². The number of hydrogen-bond donors (Lipinski definition) is 0. The third-order valence-electron chi connectivity index (χ3n) is 10.8. The number of benzene rings is 8. The van der Waals surface area contributed by atoms with Crippen LogP contribution in [0, 0.1) is 0 Å². The van der Waals surface area contributed by atoms with E-state index in [0.717, 1.165) is 66.9 Å². The molecule has 2 nitrogen and oxygen atoms in total. The Morgan fingerprint density at radius 1 is 0.207 bits per heavy atom. The van der Waals surface area contributed by atoms with Gasteiger partial charge in [0, 0.05) is 16.5 Å². The number of hydrogen-bond acceptors (Lipinski definition) is 2. The monoisotopic (exact) mass is 738 g/mol. The number of aromatic nitrogens is 2. The van der Waals surface area contributed by atoms with Crippen molar-refractivity contribution in [3.8, 4) is 89.5 Å². The molecule has 2 aromatic heterocycles. The first kappa shape index (κ1) is 34.8. The van der Waals surface area contributed by atoms with Crippen molar-refractivity contribution in [2.24, 2.45) is 0 Å². The maximum Gasteiger partial charge on any atom is 0.0972 e. The lowest BCUT2D eigenvalue weighted by atomic mass is 9.94. The Morgan fingerprint density at radius 2 is 0.569 bits per heavy atom. The van der Waals surface area contributed by atoms with Gasteiger partial charge in [0.25, 0.3) is 0 Å². The quantitative estimate of drug-likeness (QED) is 0.155. The first-order valence-electron chi connectivity index (χ1n) is 19.7. The Labute approximate surface area is 339 Å². The van der Waals surface area contributed by atoms with Gasteiger partial charge in [0.2, 0.25) is 0 Å². The van der Waals surface area contributed by atoms with Crippen molar-refractivity contribution in [1.82, 2.24) is 9.97 Å². The predicted molar refractivity (Wildman–Crippen MR) is 243 cm³/mol. The number of nitrogens with zero attached hydrogens (tertiary/aromatic N) is 2. The first-order valence-corrected chi connectivity index (χ1v) is 19.7. The Morgan fingerprint density at radius 3 is 1.10 bits per heavy atom. The summed E-state index contributed by atoms with van der Waals surface area (Å²) in [4.78, 5) is 10.7. The lowest BCUT2D eigenvalue weighted by molar-refractivity contribution is 1.27. The molecule has 0 aliphatic rings. The summed E-state index contributed by atoms with van der Waals surface area (Å²) in [6.07, 6.45) is 0. The summed E-state index contributed by atoms with van der Waals surface area (Å²) >= 11 is 0. The average molecular weight is 739 g/mol. The van der Waals surface area contributed by atoms with Gasteiger partial charge in [0.15, 0.2) is 0 Å². The van der Waals surface area contributed by atoms with Crippen LogP contribution >= 0.6 is 0 Å². The van der Waals surface area contributed by atoms with Crippen LogP contribution in [-0.2, 0) is 0 Å². The highest BCUT2D eigenvalue weighted by Gasteiger charge is 2.15. The molecule has 0 unspecified atom stereocenters. The van der Waals surface area contributed by atoms with Crippen LogP contribution < -0.4 is 0 Å². The smallest absolute Gasteiger partial charge is 0.0972 e. The number of rotatable bonds is 8. The van der Waals surface area contributed by atoms with E-state index < -0.39 is 0 Å². The molecule has 0 saturated carbocycles. The molecule has 2 heteroatoms. The molecule has 10 rings (SSSR count). The molecule has 8 aromatic carbocycles. The van der Waals surface area contributed by atoms with Crippen molar-refractivity contribution >= 4 is 10.8 Å². The Kier molecular flexibility index (Phi) is 9.27. The minimum Gasteiger partial charge on any atom is -0.246 e. The summed E-state index contributed by atoms with van der Waals surface area (Å²) in [6.45, 7) is 0. The van der Waals surface area contributed by atoms with Crippen molar-refractivity contribution < 1.29 is 0 Å². The van der Waals surface area contributed by atoms with Gasteiger partial charge in [-0.1, -0.05) is 188 Å². The van der Waals surface area contributed by atoms with Gasteiger partial charge in [-0.2, -0.15) is 0 Å². The van der Waals surface area contributed by atoms with Gasteiger partial charge in [-0.05, 0) is 103 Å². The Balaban J connectivity index is 1.02. The maximum absolute atomic E-state index is 5.41. The second kappa shape index (κ2) is 15.5. The summed E-state index contributed by atoms with van der Waals surface area (Å²) in [5.41, 5.74) is 17.4. The lowest BCUT2D eigenvalue weighted by Crippen LogP contribution is -1.96. The van der Waals surface area contributed by atoms with Crippen LogP contribution in [0.1, 0.15) is 0 Å². The van der Waals surface area contributed by atoms with Crippen molar-refractivity contribution in [2.75, 3.05) is 0 Å². The van der Waals surface area contributed by atoms with Crippen LogP contribution in [0.5, 0.6) is 0 Å². The predicted octanol–water partition coefficient (Wildman–Crippen LogP) is 15.0. The van der Waals surface area contributed by atoms with E-state index in [1.54, 1.807) is 0 Å². The molecule has 0 N–H and O–H groups in total. The molecule has 0 aliphatic carbocycles. The summed E-state index contributed by atoms with van der Waals surface area (Å²) in [5.74, 6) is 0. The van der Waals surface area contributed by atoms with Gasteiger partial charge in [-0.15, -0.1) is 0 Å². The van der Waals surface area contributed by atoms with Crippen LogP contribution in [0.3, 0.4) is 0 Å². The molecule has 0 fully saturated rings. The molecule has 2 heterocycles. The minimum absolute atomic E-state index is 0.844. The van der Waals surface area contributed by atoms with E-state index in [-0.39, 0.29) is 0 Å². The fourth-order valence-corrected chi connectivity index (χ4v) is 7.87. The molecule has 272 valence electrons. The molecule has 0 aliphatic heterocycles. The molecule has 0 atom stereocenters. The van der Waals surface area contributed by atoms with Crippen LogP contribution in [0.15, 0.2) is 231 Å². The van der Waals surface area contributed by atoms with E-state index in [1.807, 2.05) is 6.07 Å². The van der Waals surface area contributed by atoms with Gasteiger partial charge in [0.05, 0.1) is 22.8 Å². The van der Waals surface area contributed by atoms with E-state index in [2.05, 4.69) is 224 Å². The zero-order valence-corrected chi connectivity index (χ0v) is 31.8. The number of pyridine rings is 2. The van der Waals surface area contributed by atoms with Crippen LogP contribution in [-0.4, -0.2) is 9.97 Å². The summed E-state index contributed by atoms with van der Waals surface area (Å²) in [5, 5.41) is 2.19. The third-order valence-corrected chi connectivity index (χ3v) is 10.8. The number of fused-ring (bicyclic) bond motifs is 1. The van der Waals surface area contributed by atoms with E-state index in [0.29, 0.717) is 0 Å². The first-order chi connectivity index (χ1) is 28.7. The third kappa shape index (κ3) is 7.11. The van der Waals surface area contributed by atoms with E-state index in [9.17, 15) is 0 Å². The molecule has 0 bridgehead atoms. The lowest BCUT2D eigenvalue weighted by Gasteiger charge is -2.14. The molecule has 0 radical (unpaired) electrons. The fourth-order valence-electron chi connectivity index (χ4n) is 7.87. The topological polar surface area (TPSA) is 25.8 Å². The standard InChI is InChI=1S/C56H38N2/c1-4-16-39(17-5-1)42-23-12-24-43(32-42)44-25-13-26-45(33-44)46-27-14-28-47(34-46)48-29-15-30-50(35-48)54-36-49-22-10-11-31-52(49)56(58-54)55-38-51(40-18-6-2-7-19-40)37-53(57-55)41-20-8-3-9-21-41/h1-38H. The van der Waals surface area contributed by atoms with Crippen molar-refractivity contribution in [2.45, 2.75) is 0 Å². The second-order valence-corrected chi connectivity index (χ2v) is 14.6. The highest BCUT2D eigenvalue weighted by atomic mass is 14.8. The van der Waals surface area contributed by atoms with Gasteiger partial charge in [-0.25, -0.2) is 9.97 Å². The largest absolute Gasteiger partial charge is 0.246 e. The minimum atomic E-state index is 0.844. The second-order valence-electron chi connectivity index (χ2n) is 14.6. The van der Waals surface area contributed by atoms with Crippen molar-refractivity contribution in [3.63, 3.8) is 0 Å². The molecular weight excluding hydrogens is 701 g/mol.